The smallest absolute Gasteiger partial charge is 0.342 e. The Labute approximate surface area is 167 Å². The number of esters is 1. The van der Waals surface area contributed by atoms with Crippen molar-refractivity contribution in [2.45, 2.75) is 46.6 Å². The minimum absolute atomic E-state index is 0.0672. The van der Waals surface area contributed by atoms with Crippen LogP contribution in [-0.2, 0) is 16.8 Å². The summed E-state index contributed by atoms with van der Waals surface area (Å²) in [4.78, 5) is 12.7. The highest BCUT2D eigenvalue weighted by atomic mass is 16.5. The van der Waals surface area contributed by atoms with Gasteiger partial charge in [0.25, 0.3) is 0 Å². The molecule has 5 heteroatoms. The SMILES string of the molecule is COc1ccc(C(=O)OCc2c(C)cc(C(C)(C)C)cc2C)c(OC)c1OC. The highest BCUT2D eigenvalue weighted by molar-refractivity contribution is 5.94. The van der Waals surface area contributed by atoms with Crippen LogP contribution in [0.5, 0.6) is 17.2 Å². The van der Waals surface area contributed by atoms with Crippen LogP contribution in [0, 0.1) is 13.8 Å². The van der Waals surface area contributed by atoms with Gasteiger partial charge in [-0.2, -0.15) is 0 Å². The zero-order chi connectivity index (χ0) is 21.1. The average Bonchev–Trinajstić information content (AvgIpc) is 2.64. The molecule has 2 rings (SSSR count). The Morgan fingerprint density at radius 1 is 0.893 bits per heavy atom. The Bertz CT molecular complexity index is 839. The van der Waals surface area contributed by atoms with Crippen molar-refractivity contribution in [3.05, 3.63) is 52.1 Å². The Hall–Kier alpha value is -2.69. The van der Waals surface area contributed by atoms with Crippen molar-refractivity contribution in [1.82, 2.24) is 0 Å². The lowest BCUT2D eigenvalue weighted by Gasteiger charge is -2.22. The van der Waals surface area contributed by atoms with Gasteiger partial charge in [-0.1, -0.05) is 32.9 Å². The molecule has 0 aromatic heterocycles. The fraction of sp³-hybridized carbons (Fsp3) is 0.435. The first kappa shape index (κ1) is 21.6. The van der Waals surface area contributed by atoms with Crippen LogP contribution in [0.1, 0.15) is 53.4 Å². The van der Waals surface area contributed by atoms with E-state index in [1.165, 1.54) is 26.9 Å². The highest BCUT2D eigenvalue weighted by Gasteiger charge is 2.22. The lowest BCUT2D eigenvalue weighted by atomic mass is 9.84. The molecule has 0 aliphatic carbocycles. The first-order valence-corrected chi connectivity index (χ1v) is 9.20. The molecule has 0 fully saturated rings. The lowest BCUT2D eigenvalue weighted by Crippen LogP contribution is -2.14. The molecule has 0 saturated carbocycles. The number of hydrogen-bond acceptors (Lipinski definition) is 5. The number of hydrogen-bond donors (Lipinski definition) is 0. The van der Waals surface area contributed by atoms with Crippen LogP contribution in [0.15, 0.2) is 24.3 Å². The van der Waals surface area contributed by atoms with Gasteiger partial charge in [0.1, 0.15) is 12.2 Å². The maximum Gasteiger partial charge on any atom is 0.342 e. The van der Waals surface area contributed by atoms with Gasteiger partial charge in [0.2, 0.25) is 5.75 Å². The number of rotatable bonds is 6. The van der Waals surface area contributed by atoms with Crippen LogP contribution in [0.25, 0.3) is 0 Å². The molecule has 152 valence electrons. The number of methoxy groups -OCH3 is 3. The lowest BCUT2D eigenvalue weighted by molar-refractivity contribution is 0.0467. The summed E-state index contributed by atoms with van der Waals surface area (Å²) < 4.78 is 21.6. The van der Waals surface area contributed by atoms with E-state index in [0.717, 1.165) is 16.7 Å². The molecule has 0 radical (unpaired) electrons. The van der Waals surface area contributed by atoms with Gasteiger partial charge in [0.15, 0.2) is 11.5 Å². The molecule has 0 N–H and O–H groups in total. The minimum Gasteiger partial charge on any atom is -0.493 e. The second kappa shape index (κ2) is 8.55. The van der Waals surface area contributed by atoms with Crippen molar-refractivity contribution in [3.8, 4) is 17.2 Å². The first-order valence-electron chi connectivity index (χ1n) is 9.20. The normalized spacial score (nSPS) is 11.1. The second-order valence-corrected chi connectivity index (χ2v) is 7.80. The number of carbonyl (C=O) groups excluding carboxylic acids is 1. The molecule has 0 aliphatic heterocycles. The van der Waals surface area contributed by atoms with Gasteiger partial charge in [0, 0.05) is 0 Å². The van der Waals surface area contributed by atoms with E-state index in [2.05, 4.69) is 32.9 Å². The van der Waals surface area contributed by atoms with Crippen LogP contribution >= 0.6 is 0 Å². The number of aryl methyl sites for hydroxylation is 2. The summed E-state index contributed by atoms with van der Waals surface area (Å²) in [5, 5.41) is 0. The second-order valence-electron chi connectivity index (χ2n) is 7.80. The maximum absolute atomic E-state index is 12.7. The molecular weight excluding hydrogens is 356 g/mol. The van der Waals surface area contributed by atoms with Crippen LogP contribution in [-0.4, -0.2) is 27.3 Å². The zero-order valence-corrected chi connectivity index (χ0v) is 18.1. The van der Waals surface area contributed by atoms with Gasteiger partial charge in [0.05, 0.1) is 21.3 Å². The summed E-state index contributed by atoms with van der Waals surface area (Å²) in [6.45, 7) is 10.8. The van der Waals surface area contributed by atoms with E-state index in [1.54, 1.807) is 12.1 Å². The Morgan fingerprint density at radius 2 is 1.46 bits per heavy atom. The summed E-state index contributed by atoms with van der Waals surface area (Å²) in [6.07, 6.45) is 0. The van der Waals surface area contributed by atoms with Gasteiger partial charge < -0.3 is 18.9 Å². The Morgan fingerprint density at radius 3 is 1.93 bits per heavy atom. The van der Waals surface area contributed by atoms with Gasteiger partial charge in [-0.05, 0) is 53.6 Å². The molecule has 0 aliphatic rings. The summed E-state index contributed by atoms with van der Waals surface area (Å²) >= 11 is 0. The predicted octanol–water partition coefficient (Wildman–Crippen LogP) is 4.98. The van der Waals surface area contributed by atoms with E-state index in [0.29, 0.717) is 22.8 Å². The fourth-order valence-electron chi connectivity index (χ4n) is 3.13. The van der Waals surface area contributed by atoms with E-state index < -0.39 is 5.97 Å². The molecule has 5 nitrogen and oxygen atoms in total. The zero-order valence-electron chi connectivity index (χ0n) is 18.1. The largest absolute Gasteiger partial charge is 0.493 e. The topological polar surface area (TPSA) is 54.0 Å². The third-order valence-electron chi connectivity index (χ3n) is 4.83. The van der Waals surface area contributed by atoms with Crippen molar-refractivity contribution in [1.29, 1.82) is 0 Å². The molecule has 0 heterocycles. The summed E-state index contributed by atoms with van der Waals surface area (Å²) in [5.74, 6) is 0.668. The molecule has 0 bridgehead atoms. The van der Waals surface area contributed by atoms with Gasteiger partial charge in [-0.25, -0.2) is 4.79 Å². The summed E-state index contributed by atoms with van der Waals surface area (Å²) in [7, 11) is 4.51. The maximum atomic E-state index is 12.7. The predicted molar refractivity (Wildman–Crippen MR) is 110 cm³/mol. The van der Waals surface area contributed by atoms with Crippen molar-refractivity contribution in [3.63, 3.8) is 0 Å². The Kier molecular flexibility index (Phi) is 6.60. The van der Waals surface area contributed by atoms with Crippen LogP contribution < -0.4 is 14.2 Å². The van der Waals surface area contributed by atoms with Crippen molar-refractivity contribution >= 4 is 5.97 Å². The van der Waals surface area contributed by atoms with E-state index in [1.807, 2.05) is 13.8 Å². The molecule has 0 saturated heterocycles. The molecule has 2 aromatic carbocycles. The molecular formula is C23H30O5. The van der Waals surface area contributed by atoms with Crippen LogP contribution in [0.3, 0.4) is 0 Å². The third-order valence-corrected chi connectivity index (χ3v) is 4.83. The quantitative estimate of drug-likeness (QED) is 0.655. The van der Waals surface area contributed by atoms with Crippen molar-refractivity contribution in [2.75, 3.05) is 21.3 Å². The first-order chi connectivity index (χ1) is 13.1. The van der Waals surface area contributed by atoms with Crippen LogP contribution in [0.2, 0.25) is 0 Å². The molecule has 0 atom stereocenters. The third kappa shape index (κ3) is 4.41. The highest BCUT2D eigenvalue weighted by Crippen LogP contribution is 2.40. The van der Waals surface area contributed by atoms with E-state index in [4.69, 9.17) is 18.9 Å². The Balaban J connectivity index is 2.28. The van der Waals surface area contributed by atoms with Gasteiger partial charge in [-0.15, -0.1) is 0 Å². The summed E-state index contributed by atoms with van der Waals surface area (Å²) in [5.41, 5.74) is 4.85. The molecule has 0 spiro atoms. The number of benzene rings is 2. The van der Waals surface area contributed by atoms with Gasteiger partial charge >= 0.3 is 5.97 Å². The van der Waals surface area contributed by atoms with Crippen LogP contribution in [0.4, 0.5) is 0 Å². The van der Waals surface area contributed by atoms with E-state index in [-0.39, 0.29) is 12.0 Å². The molecule has 2 aromatic rings. The van der Waals surface area contributed by atoms with E-state index in [9.17, 15) is 4.79 Å². The number of ether oxygens (including phenoxy) is 4. The molecule has 0 unspecified atom stereocenters. The fourth-order valence-corrected chi connectivity index (χ4v) is 3.13. The van der Waals surface area contributed by atoms with Crippen molar-refractivity contribution in [2.24, 2.45) is 0 Å². The molecule has 28 heavy (non-hydrogen) atoms. The summed E-state index contributed by atoms with van der Waals surface area (Å²) in [6, 6.07) is 7.60. The minimum atomic E-state index is -0.475. The van der Waals surface area contributed by atoms with E-state index >= 15 is 0 Å². The average molecular weight is 386 g/mol. The monoisotopic (exact) mass is 386 g/mol. The van der Waals surface area contributed by atoms with Gasteiger partial charge in [-0.3, -0.25) is 0 Å². The standard InChI is InChI=1S/C23H30O5/c1-14-11-16(23(3,4)5)12-15(2)18(14)13-28-22(24)17-9-10-19(25-6)21(27-8)20(17)26-7/h9-12H,13H2,1-8H3. The molecule has 0 amide bonds. The number of carbonyl (C=O) groups is 1. The van der Waals surface area contributed by atoms with Crippen molar-refractivity contribution < 1.29 is 23.7 Å².